The van der Waals surface area contributed by atoms with E-state index in [9.17, 15) is 14.7 Å². The highest BCUT2D eigenvalue weighted by molar-refractivity contribution is 5.94. The van der Waals surface area contributed by atoms with Crippen LogP contribution in [0.2, 0.25) is 0 Å². The van der Waals surface area contributed by atoms with Crippen molar-refractivity contribution in [3.63, 3.8) is 0 Å². The van der Waals surface area contributed by atoms with E-state index in [2.05, 4.69) is 10.3 Å². The number of carbonyl (C=O) groups excluding carboxylic acids is 2. The first-order valence-electron chi connectivity index (χ1n) is 12.2. The topological polar surface area (TPSA) is 104 Å². The Morgan fingerprint density at radius 3 is 2.39 bits per heavy atom. The van der Waals surface area contributed by atoms with E-state index in [-0.39, 0.29) is 17.9 Å². The van der Waals surface area contributed by atoms with Crippen molar-refractivity contribution in [2.75, 3.05) is 7.11 Å². The first-order chi connectivity index (χ1) is 17.5. The SMILES string of the molecule is COC(=O)CCCCC[C@H](NC(=O)c1ccccc1)c1nc2ccc(C(O)c3ccccc3)cc2[nH]1. The summed E-state index contributed by atoms with van der Waals surface area (Å²) in [6, 6.07) is 23.9. The summed E-state index contributed by atoms with van der Waals surface area (Å²) >= 11 is 0. The second kappa shape index (κ2) is 12.1. The van der Waals surface area contributed by atoms with Crippen molar-refractivity contribution >= 4 is 22.9 Å². The highest BCUT2D eigenvalue weighted by Crippen LogP contribution is 2.27. The number of aromatic amines is 1. The normalized spacial score (nSPS) is 12.7. The van der Waals surface area contributed by atoms with Crippen molar-refractivity contribution in [2.45, 2.75) is 44.2 Å². The number of hydrogen-bond donors (Lipinski definition) is 3. The molecule has 0 radical (unpaired) electrons. The molecular weight excluding hydrogens is 454 g/mol. The Bertz CT molecular complexity index is 1290. The molecule has 1 amide bonds. The largest absolute Gasteiger partial charge is 0.469 e. The van der Waals surface area contributed by atoms with E-state index in [1.807, 2.05) is 66.7 Å². The predicted molar refractivity (Wildman–Crippen MR) is 138 cm³/mol. The number of methoxy groups -OCH3 is 1. The molecule has 0 spiro atoms. The van der Waals surface area contributed by atoms with E-state index < -0.39 is 6.10 Å². The van der Waals surface area contributed by atoms with Gasteiger partial charge in [-0.05, 0) is 48.2 Å². The second-order valence-electron chi connectivity index (χ2n) is 8.78. The summed E-state index contributed by atoms with van der Waals surface area (Å²) in [7, 11) is 1.39. The summed E-state index contributed by atoms with van der Waals surface area (Å²) in [5, 5.41) is 13.9. The zero-order valence-electron chi connectivity index (χ0n) is 20.3. The number of ether oxygens (including phenoxy) is 1. The van der Waals surface area contributed by atoms with Gasteiger partial charge in [0.2, 0.25) is 0 Å². The quantitative estimate of drug-likeness (QED) is 0.199. The van der Waals surface area contributed by atoms with Crippen LogP contribution in [0.25, 0.3) is 11.0 Å². The number of amides is 1. The number of carbonyl (C=O) groups is 2. The summed E-state index contributed by atoms with van der Waals surface area (Å²) in [4.78, 5) is 32.4. The summed E-state index contributed by atoms with van der Waals surface area (Å²) < 4.78 is 4.71. The Hall–Kier alpha value is -3.97. The number of aliphatic hydroxyl groups excluding tert-OH is 1. The van der Waals surface area contributed by atoms with Crippen molar-refractivity contribution in [3.8, 4) is 0 Å². The fraction of sp³-hybridized carbons (Fsp3) is 0.276. The summed E-state index contributed by atoms with van der Waals surface area (Å²) in [6.07, 6.45) is 2.68. The van der Waals surface area contributed by atoms with Crippen LogP contribution in [-0.2, 0) is 9.53 Å². The van der Waals surface area contributed by atoms with E-state index in [1.54, 1.807) is 12.1 Å². The molecule has 186 valence electrons. The van der Waals surface area contributed by atoms with Crippen molar-refractivity contribution in [1.82, 2.24) is 15.3 Å². The molecule has 3 aromatic carbocycles. The maximum absolute atomic E-state index is 12.9. The van der Waals surface area contributed by atoms with Crippen LogP contribution >= 0.6 is 0 Å². The number of imidazole rings is 1. The Labute approximate surface area is 210 Å². The number of H-pyrrole nitrogens is 1. The number of hydrogen-bond acceptors (Lipinski definition) is 5. The molecule has 0 aliphatic rings. The molecule has 1 heterocycles. The lowest BCUT2D eigenvalue weighted by atomic mass is 10.0. The van der Waals surface area contributed by atoms with Gasteiger partial charge in [0.25, 0.3) is 5.91 Å². The molecule has 0 aliphatic heterocycles. The van der Waals surface area contributed by atoms with Gasteiger partial charge < -0.3 is 20.1 Å². The highest BCUT2D eigenvalue weighted by Gasteiger charge is 2.20. The molecule has 0 bridgehead atoms. The molecular formula is C29H31N3O4. The van der Waals surface area contributed by atoms with Gasteiger partial charge in [-0.3, -0.25) is 9.59 Å². The van der Waals surface area contributed by atoms with Gasteiger partial charge in [0.15, 0.2) is 0 Å². The number of rotatable bonds is 11. The third-order valence-corrected chi connectivity index (χ3v) is 6.23. The van der Waals surface area contributed by atoms with Crippen molar-refractivity contribution in [1.29, 1.82) is 0 Å². The molecule has 7 nitrogen and oxygen atoms in total. The minimum absolute atomic E-state index is 0.171. The van der Waals surface area contributed by atoms with Gasteiger partial charge >= 0.3 is 5.97 Å². The fourth-order valence-electron chi connectivity index (χ4n) is 4.21. The van der Waals surface area contributed by atoms with Crippen LogP contribution in [0.3, 0.4) is 0 Å². The van der Waals surface area contributed by atoms with Crippen LogP contribution < -0.4 is 5.32 Å². The van der Waals surface area contributed by atoms with Gasteiger partial charge in [0, 0.05) is 12.0 Å². The average Bonchev–Trinajstić information content (AvgIpc) is 3.36. The number of fused-ring (bicyclic) bond motifs is 1. The smallest absolute Gasteiger partial charge is 0.305 e. The lowest BCUT2D eigenvalue weighted by molar-refractivity contribution is -0.140. The van der Waals surface area contributed by atoms with Gasteiger partial charge in [-0.1, -0.05) is 67.4 Å². The monoisotopic (exact) mass is 485 g/mol. The molecule has 3 N–H and O–H groups in total. The lowest BCUT2D eigenvalue weighted by Crippen LogP contribution is -2.29. The Morgan fingerprint density at radius 2 is 1.67 bits per heavy atom. The molecule has 1 aromatic heterocycles. The summed E-state index contributed by atoms with van der Waals surface area (Å²) in [6.45, 7) is 0. The molecule has 4 aromatic rings. The number of esters is 1. The molecule has 7 heteroatoms. The lowest BCUT2D eigenvalue weighted by Gasteiger charge is -2.17. The summed E-state index contributed by atoms with van der Waals surface area (Å²) in [5.41, 5.74) is 3.71. The number of benzene rings is 3. The number of aromatic nitrogens is 2. The predicted octanol–water partition coefficient (Wildman–Crippen LogP) is 5.24. The van der Waals surface area contributed by atoms with Gasteiger partial charge in [-0.25, -0.2) is 4.98 Å². The van der Waals surface area contributed by atoms with Crippen molar-refractivity contribution in [2.24, 2.45) is 0 Å². The maximum Gasteiger partial charge on any atom is 0.305 e. The fourth-order valence-corrected chi connectivity index (χ4v) is 4.21. The van der Waals surface area contributed by atoms with E-state index >= 15 is 0 Å². The highest BCUT2D eigenvalue weighted by atomic mass is 16.5. The average molecular weight is 486 g/mol. The molecule has 2 atom stereocenters. The van der Waals surface area contributed by atoms with Crippen LogP contribution in [-0.4, -0.2) is 34.1 Å². The van der Waals surface area contributed by atoms with Crippen LogP contribution in [0.15, 0.2) is 78.9 Å². The molecule has 0 saturated carbocycles. The van der Waals surface area contributed by atoms with Crippen molar-refractivity contribution < 1.29 is 19.4 Å². The van der Waals surface area contributed by atoms with Gasteiger partial charge in [-0.2, -0.15) is 0 Å². The van der Waals surface area contributed by atoms with Gasteiger partial charge in [0.05, 0.1) is 24.2 Å². The number of nitrogens with zero attached hydrogens (tertiary/aromatic N) is 1. The number of unbranched alkanes of at least 4 members (excludes halogenated alkanes) is 2. The van der Waals surface area contributed by atoms with E-state index in [0.717, 1.165) is 41.4 Å². The minimum atomic E-state index is -0.745. The van der Waals surface area contributed by atoms with E-state index in [4.69, 9.17) is 9.72 Å². The number of aliphatic hydroxyl groups is 1. The third kappa shape index (κ3) is 6.37. The molecule has 1 unspecified atom stereocenters. The standard InChI is InChI=1S/C29H31N3O4/c1-36-26(33)16-10-4-9-15-24(32-29(35)21-13-7-3-8-14-21)28-30-23-18-17-22(19-25(23)31-28)27(34)20-11-5-2-6-12-20/h2-3,5-8,11-14,17-19,24,27,34H,4,9-10,15-16H2,1H3,(H,30,31)(H,32,35)/t24-,27?/m0/s1. The van der Waals surface area contributed by atoms with Crippen molar-refractivity contribution in [3.05, 3.63) is 101 Å². The zero-order chi connectivity index (χ0) is 25.3. The van der Waals surface area contributed by atoms with E-state index in [0.29, 0.717) is 24.2 Å². The minimum Gasteiger partial charge on any atom is -0.469 e. The van der Waals surface area contributed by atoms with E-state index in [1.165, 1.54) is 7.11 Å². The summed E-state index contributed by atoms with van der Waals surface area (Å²) in [5.74, 6) is 0.277. The van der Waals surface area contributed by atoms with Crippen LogP contribution in [0.1, 0.15) is 71.6 Å². The third-order valence-electron chi connectivity index (χ3n) is 6.23. The second-order valence-corrected chi connectivity index (χ2v) is 8.78. The molecule has 36 heavy (non-hydrogen) atoms. The molecule has 0 fully saturated rings. The van der Waals surface area contributed by atoms with Crippen LogP contribution in [0.5, 0.6) is 0 Å². The zero-order valence-corrected chi connectivity index (χ0v) is 20.3. The first kappa shape index (κ1) is 25.1. The first-order valence-corrected chi connectivity index (χ1v) is 12.2. The Morgan fingerprint density at radius 1 is 0.944 bits per heavy atom. The van der Waals surface area contributed by atoms with Gasteiger partial charge in [-0.15, -0.1) is 0 Å². The Balaban J connectivity index is 1.52. The van der Waals surface area contributed by atoms with Crippen LogP contribution in [0, 0.1) is 0 Å². The molecule has 0 aliphatic carbocycles. The maximum atomic E-state index is 12.9. The van der Waals surface area contributed by atoms with Gasteiger partial charge in [0.1, 0.15) is 11.9 Å². The van der Waals surface area contributed by atoms with Crippen LogP contribution in [0.4, 0.5) is 0 Å². The molecule has 0 saturated heterocycles. The molecule has 4 rings (SSSR count). The Kier molecular flexibility index (Phi) is 8.47. The number of nitrogens with one attached hydrogen (secondary N) is 2.